The van der Waals surface area contributed by atoms with Gasteiger partial charge in [-0.05, 0) is 97.3 Å². The average Bonchev–Trinajstić information content (AvgIpc) is 3.21. The summed E-state index contributed by atoms with van der Waals surface area (Å²) in [6, 6.07) is 0. The van der Waals surface area contributed by atoms with Gasteiger partial charge in [0.15, 0.2) is 0 Å². The summed E-state index contributed by atoms with van der Waals surface area (Å²) < 4.78 is 0. The van der Waals surface area contributed by atoms with Crippen molar-refractivity contribution in [2.75, 3.05) is 51.8 Å². The third-order valence-electron chi connectivity index (χ3n) is 12.3. The van der Waals surface area contributed by atoms with Crippen LogP contribution in [0.1, 0.15) is 258 Å². The Balaban J connectivity index is 3.91. The van der Waals surface area contributed by atoms with Crippen molar-refractivity contribution in [3.05, 3.63) is 24.3 Å². The Morgan fingerprint density at radius 2 is 0.614 bits per heavy atom. The van der Waals surface area contributed by atoms with E-state index in [9.17, 15) is 0 Å². The SMILES string of the molecule is CCCCCCCC/C=C\CCCCCCCCN(C)CCSSCCN(C)CCC(CCCCCCC/C=C\CCCCCCCC)CCCCCCCCC. The molecule has 0 heterocycles. The smallest absolute Gasteiger partial charge is 0.0165 e. The molecule has 0 aliphatic carbocycles. The maximum atomic E-state index is 2.63. The van der Waals surface area contributed by atoms with Crippen LogP contribution in [0.15, 0.2) is 24.3 Å². The summed E-state index contributed by atoms with van der Waals surface area (Å²) in [5, 5.41) is 0. The molecule has 57 heavy (non-hydrogen) atoms. The normalized spacial score (nSPS) is 12.8. The monoisotopic (exact) mass is 835 g/mol. The van der Waals surface area contributed by atoms with E-state index in [4.69, 9.17) is 0 Å². The molecule has 0 radical (unpaired) electrons. The van der Waals surface area contributed by atoms with E-state index in [1.54, 1.807) is 0 Å². The maximum absolute atomic E-state index is 2.63. The van der Waals surface area contributed by atoms with Crippen LogP contribution in [0.25, 0.3) is 0 Å². The highest BCUT2D eigenvalue weighted by atomic mass is 33.1. The molecule has 4 heteroatoms. The van der Waals surface area contributed by atoms with E-state index in [-0.39, 0.29) is 0 Å². The third-order valence-corrected chi connectivity index (χ3v) is 14.6. The second-order valence-corrected chi connectivity index (χ2v) is 20.8. The number of unbranched alkanes of at least 4 members (excludes halogenated alkanes) is 29. The van der Waals surface area contributed by atoms with Gasteiger partial charge in [0, 0.05) is 24.6 Å². The fraction of sp³-hybridized carbons (Fsp3) is 0.925. The van der Waals surface area contributed by atoms with Gasteiger partial charge in [0.05, 0.1) is 0 Å². The van der Waals surface area contributed by atoms with Gasteiger partial charge in [0.25, 0.3) is 0 Å². The molecule has 0 saturated carbocycles. The lowest BCUT2D eigenvalue weighted by Gasteiger charge is -2.22. The standard InChI is InChI=1S/C53H106N2S2/c1-6-9-12-15-18-20-22-24-26-28-30-32-34-37-40-43-47-54(4)49-51-56-57-52-50-55(5)48-46-53(44-41-38-35-17-14-11-8-3)45-42-39-36-33-31-29-27-25-23-21-19-16-13-10-7-2/h24-27,53H,6-23,28-52H2,1-5H3/b26-24-,27-25-. The predicted molar refractivity (Wildman–Crippen MR) is 270 cm³/mol. The zero-order valence-electron chi connectivity index (χ0n) is 40.0. The van der Waals surface area contributed by atoms with E-state index in [0.29, 0.717) is 0 Å². The van der Waals surface area contributed by atoms with Gasteiger partial charge >= 0.3 is 0 Å². The van der Waals surface area contributed by atoms with Crippen LogP contribution in [0.3, 0.4) is 0 Å². The summed E-state index contributed by atoms with van der Waals surface area (Å²) >= 11 is 0. The second-order valence-electron chi connectivity index (χ2n) is 18.1. The van der Waals surface area contributed by atoms with Gasteiger partial charge in [-0.1, -0.05) is 240 Å². The maximum Gasteiger partial charge on any atom is 0.0165 e. The Morgan fingerprint density at radius 1 is 0.316 bits per heavy atom. The minimum Gasteiger partial charge on any atom is -0.306 e. The molecule has 1 unspecified atom stereocenters. The van der Waals surface area contributed by atoms with Gasteiger partial charge < -0.3 is 9.80 Å². The van der Waals surface area contributed by atoms with Gasteiger partial charge in [-0.2, -0.15) is 0 Å². The number of allylic oxidation sites excluding steroid dienone is 4. The first-order valence-electron chi connectivity index (χ1n) is 26.0. The van der Waals surface area contributed by atoms with Crippen LogP contribution in [-0.4, -0.2) is 61.6 Å². The molecule has 1 atom stereocenters. The molecule has 0 fully saturated rings. The second kappa shape index (κ2) is 50.5. The summed E-state index contributed by atoms with van der Waals surface area (Å²) in [5.74, 6) is 3.46. The number of hydrogen-bond acceptors (Lipinski definition) is 4. The molecule has 0 bridgehead atoms. The van der Waals surface area contributed by atoms with Gasteiger partial charge in [0.1, 0.15) is 0 Å². The largest absolute Gasteiger partial charge is 0.306 e. The quantitative estimate of drug-likeness (QED) is 0.0342. The molecule has 0 aliphatic rings. The zero-order chi connectivity index (χ0) is 41.4. The minimum absolute atomic E-state index is 0.942. The summed E-state index contributed by atoms with van der Waals surface area (Å²) in [7, 11) is 8.91. The molecular weight excluding hydrogens is 729 g/mol. The van der Waals surface area contributed by atoms with Crippen LogP contribution < -0.4 is 0 Å². The fourth-order valence-corrected chi connectivity index (χ4v) is 10.2. The van der Waals surface area contributed by atoms with E-state index >= 15 is 0 Å². The van der Waals surface area contributed by atoms with E-state index < -0.39 is 0 Å². The van der Waals surface area contributed by atoms with Gasteiger partial charge in [0.2, 0.25) is 0 Å². The lowest BCUT2D eigenvalue weighted by atomic mass is 9.91. The molecule has 0 saturated heterocycles. The molecule has 0 aromatic rings. The van der Waals surface area contributed by atoms with Crippen LogP contribution in [0, 0.1) is 5.92 Å². The van der Waals surface area contributed by atoms with Crippen molar-refractivity contribution < 1.29 is 0 Å². The number of nitrogens with zero attached hydrogens (tertiary/aromatic N) is 2. The molecule has 0 rings (SSSR count). The van der Waals surface area contributed by atoms with Crippen molar-refractivity contribution >= 4 is 21.6 Å². The molecule has 0 amide bonds. The first-order chi connectivity index (χ1) is 28.1. The van der Waals surface area contributed by atoms with Crippen LogP contribution in [0.2, 0.25) is 0 Å². The lowest BCUT2D eigenvalue weighted by molar-refractivity contribution is 0.291. The third kappa shape index (κ3) is 48.6. The minimum atomic E-state index is 0.942. The van der Waals surface area contributed by atoms with Crippen LogP contribution >= 0.6 is 21.6 Å². The zero-order valence-corrected chi connectivity index (χ0v) is 41.6. The first-order valence-corrected chi connectivity index (χ1v) is 28.5. The number of rotatable bonds is 49. The highest BCUT2D eigenvalue weighted by molar-refractivity contribution is 8.76. The van der Waals surface area contributed by atoms with Crippen molar-refractivity contribution in [1.82, 2.24) is 9.80 Å². The molecule has 0 spiro atoms. The predicted octanol–water partition coefficient (Wildman–Crippen LogP) is 18.5. The Kier molecular flexibility index (Phi) is 50.5. The lowest BCUT2D eigenvalue weighted by Crippen LogP contribution is -2.24. The molecule has 0 N–H and O–H groups in total. The van der Waals surface area contributed by atoms with Crippen molar-refractivity contribution in [3.63, 3.8) is 0 Å². The average molecular weight is 836 g/mol. The summed E-state index contributed by atoms with van der Waals surface area (Å²) in [6.45, 7) is 12.0. The van der Waals surface area contributed by atoms with Crippen LogP contribution in [-0.2, 0) is 0 Å². The first kappa shape index (κ1) is 57.1. The fourth-order valence-electron chi connectivity index (χ4n) is 8.09. The highest BCUT2D eigenvalue weighted by Gasteiger charge is 2.11. The van der Waals surface area contributed by atoms with Gasteiger partial charge in [-0.3, -0.25) is 0 Å². The summed E-state index contributed by atoms with van der Waals surface area (Å²) in [6.07, 6.45) is 62.0. The summed E-state index contributed by atoms with van der Waals surface area (Å²) in [5.41, 5.74) is 0. The molecule has 340 valence electrons. The van der Waals surface area contributed by atoms with E-state index in [2.05, 4.69) is 90.6 Å². The van der Waals surface area contributed by atoms with Crippen molar-refractivity contribution in [3.8, 4) is 0 Å². The van der Waals surface area contributed by atoms with Crippen molar-refractivity contribution in [2.24, 2.45) is 5.92 Å². The molecule has 0 aliphatic heterocycles. The number of hydrogen-bond donors (Lipinski definition) is 0. The van der Waals surface area contributed by atoms with E-state index in [1.807, 2.05) is 0 Å². The Morgan fingerprint density at radius 3 is 0.982 bits per heavy atom. The van der Waals surface area contributed by atoms with Gasteiger partial charge in [-0.15, -0.1) is 0 Å². The van der Waals surface area contributed by atoms with E-state index in [1.165, 1.54) is 275 Å². The Hall–Kier alpha value is 0.100. The van der Waals surface area contributed by atoms with Crippen molar-refractivity contribution in [2.45, 2.75) is 258 Å². The molecule has 0 aromatic carbocycles. The summed E-state index contributed by atoms with van der Waals surface area (Å²) in [4.78, 5) is 5.20. The Bertz CT molecular complexity index is 785. The van der Waals surface area contributed by atoms with E-state index in [0.717, 1.165) is 5.92 Å². The molecule has 0 aromatic heterocycles. The molecule has 2 nitrogen and oxygen atoms in total. The van der Waals surface area contributed by atoms with Crippen LogP contribution in [0.5, 0.6) is 0 Å². The van der Waals surface area contributed by atoms with Crippen molar-refractivity contribution in [1.29, 1.82) is 0 Å². The van der Waals surface area contributed by atoms with Crippen LogP contribution in [0.4, 0.5) is 0 Å². The Labute approximate surface area is 370 Å². The molecular formula is C53H106N2S2. The topological polar surface area (TPSA) is 6.48 Å². The highest BCUT2D eigenvalue weighted by Crippen LogP contribution is 2.24. The van der Waals surface area contributed by atoms with Gasteiger partial charge in [-0.25, -0.2) is 0 Å².